The summed E-state index contributed by atoms with van der Waals surface area (Å²) in [6, 6.07) is 9.63. The van der Waals surface area contributed by atoms with Crippen molar-refractivity contribution in [3.63, 3.8) is 0 Å². The number of nitrogens with zero attached hydrogens (tertiary/aromatic N) is 2. The van der Waals surface area contributed by atoms with Crippen LogP contribution in [0.1, 0.15) is 25.0 Å². The molecule has 0 radical (unpaired) electrons. The van der Waals surface area contributed by atoms with Gasteiger partial charge >= 0.3 is 5.00 Å². The standard InChI is InChI=1S/C25H23N3O6S/c1-5-33-23-15(3)24-19(20(13-34-24)16-6-8-17(32-4)9-7-16)11-18(23)14(2)10-21(29)27-25-26-12-22(35-25)28(30)31/h6-13H,5H2,1-4H3,(H,26,27,29)/b14-10+. The Kier molecular flexibility index (Phi) is 6.83. The zero-order valence-corrected chi connectivity index (χ0v) is 20.4. The van der Waals surface area contributed by atoms with E-state index in [1.165, 1.54) is 6.08 Å². The molecule has 0 spiro atoms. The van der Waals surface area contributed by atoms with Gasteiger partial charge in [-0.2, -0.15) is 0 Å². The Morgan fingerprint density at radius 3 is 2.69 bits per heavy atom. The molecule has 0 atom stereocenters. The van der Waals surface area contributed by atoms with E-state index in [0.29, 0.717) is 23.5 Å². The minimum Gasteiger partial charge on any atom is -0.497 e. The van der Waals surface area contributed by atoms with Gasteiger partial charge in [-0.3, -0.25) is 20.2 Å². The molecule has 0 fully saturated rings. The Morgan fingerprint density at radius 1 is 1.31 bits per heavy atom. The van der Waals surface area contributed by atoms with Crippen LogP contribution in [0.4, 0.5) is 10.1 Å². The number of nitrogens with one attached hydrogen (secondary N) is 1. The van der Waals surface area contributed by atoms with Gasteiger partial charge < -0.3 is 13.9 Å². The van der Waals surface area contributed by atoms with Crippen LogP contribution in [0.5, 0.6) is 11.5 Å². The summed E-state index contributed by atoms with van der Waals surface area (Å²) in [6.45, 7) is 6.05. The van der Waals surface area contributed by atoms with Crippen molar-refractivity contribution in [2.24, 2.45) is 0 Å². The zero-order valence-electron chi connectivity index (χ0n) is 19.6. The summed E-state index contributed by atoms with van der Waals surface area (Å²) < 4.78 is 17.1. The van der Waals surface area contributed by atoms with Gasteiger partial charge in [0.25, 0.3) is 0 Å². The molecule has 0 saturated carbocycles. The van der Waals surface area contributed by atoms with Crippen molar-refractivity contribution < 1.29 is 23.6 Å². The van der Waals surface area contributed by atoms with Crippen molar-refractivity contribution in [3.8, 4) is 22.6 Å². The number of methoxy groups -OCH3 is 1. The highest BCUT2D eigenvalue weighted by atomic mass is 32.1. The van der Waals surface area contributed by atoms with Crippen molar-refractivity contribution in [3.05, 3.63) is 70.1 Å². The molecule has 1 N–H and O–H groups in total. The summed E-state index contributed by atoms with van der Waals surface area (Å²) in [7, 11) is 1.62. The number of fused-ring (bicyclic) bond motifs is 1. The molecule has 2 aromatic heterocycles. The molecule has 4 aromatic rings. The first kappa shape index (κ1) is 24.0. The highest BCUT2D eigenvalue weighted by Crippen LogP contribution is 2.41. The number of aromatic nitrogens is 1. The van der Waals surface area contributed by atoms with Crippen LogP contribution >= 0.6 is 11.3 Å². The fourth-order valence-corrected chi connectivity index (χ4v) is 4.39. The molecule has 2 heterocycles. The van der Waals surface area contributed by atoms with Gasteiger partial charge in [0.05, 0.1) is 24.9 Å². The van der Waals surface area contributed by atoms with E-state index in [4.69, 9.17) is 13.9 Å². The minimum atomic E-state index is -0.550. The Balaban J connectivity index is 1.74. The van der Waals surface area contributed by atoms with Crippen LogP contribution in [0.3, 0.4) is 0 Å². The summed E-state index contributed by atoms with van der Waals surface area (Å²) in [4.78, 5) is 26.8. The van der Waals surface area contributed by atoms with E-state index in [1.54, 1.807) is 20.3 Å². The molecule has 4 rings (SSSR count). The number of amides is 1. The highest BCUT2D eigenvalue weighted by molar-refractivity contribution is 7.18. The molecule has 0 saturated heterocycles. The summed E-state index contributed by atoms with van der Waals surface area (Å²) in [6.07, 6.45) is 4.24. The first-order valence-corrected chi connectivity index (χ1v) is 11.6. The third-order valence-electron chi connectivity index (χ3n) is 5.41. The quantitative estimate of drug-likeness (QED) is 0.176. The van der Waals surface area contributed by atoms with Crippen LogP contribution in [0.25, 0.3) is 27.7 Å². The highest BCUT2D eigenvalue weighted by Gasteiger charge is 2.20. The van der Waals surface area contributed by atoms with Crippen LogP contribution in [0, 0.1) is 17.0 Å². The van der Waals surface area contributed by atoms with E-state index >= 15 is 0 Å². The van der Waals surface area contributed by atoms with E-state index in [1.807, 2.05) is 44.2 Å². The predicted molar refractivity (Wildman–Crippen MR) is 135 cm³/mol. The number of carbonyl (C=O) groups excluding carboxylic acids is 1. The molecule has 35 heavy (non-hydrogen) atoms. The topological polar surface area (TPSA) is 117 Å². The van der Waals surface area contributed by atoms with Crippen LogP contribution < -0.4 is 14.8 Å². The average molecular weight is 494 g/mol. The molecule has 180 valence electrons. The molecule has 0 aliphatic carbocycles. The number of carbonyl (C=O) groups is 1. The van der Waals surface area contributed by atoms with Crippen molar-refractivity contribution in [2.75, 3.05) is 19.0 Å². The maximum atomic E-state index is 12.6. The first-order valence-electron chi connectivity index (χ1n) is 10.7. The van der Waals surface area contributed by atoms with Crippen LogP contribution in [-0.2, 0) is 4.79 Å². The van der Waals surface area contributed by atoms with Gasteiger partial charge in [0.1, 0.15) is 23.3 Å². The number of furan rings is 1. The Hall–Kier alpha value is -4.18. The van der Waals surface area contributed by atoms with Crippen LogP contribution in [0.2, 0.25) is 0 Å². The summed E-state index contributed by atoms with van der Waals surface area (Å²) in [5.74, 6) is 0.934. The summed E-state index contributed by atoms with van der Waals surface area (Å²) >= 11 is 0.794. The van der Waals surface area contributed by atoms with E-state index in [9.17, 15) is 14.9 Å². The van der Waals surface area contributed by atoms with Crippen LogP contribution in [-0.4, -0.2) is 29.5 Å². The maximum absolute atomic E-state index is 12.6. The molecular formula is C25H23N3O6S. The van der Waals surface area contributed by atoms with Gasteiger partial charge in [-0.25, -0.2) is 4.98 Å². The van der Waals surface area contributed by atoms with E-state index in [2.05, 4.69) is 10.3 Å². The number of hydrogen-bond acceptors (Lipinski definition) is 8. The minimum absolute atomic E-state index is 0.147. The summed E-state index contributed by atoms with van der Waals surface area (Å²) in [5.41, 5.74) is 4.79. The third-order valence-corrected chi connectivity index (χ3v) is 6.27. The Bertz CT molecular complexity index is 1440. The first-order chi connectivity index (χ1) is 16.8. The smallest absolute Gasteiger partial charge is 0.345 e. The fraction of sp³-hybridized carbons (Fsp3) is 0.200. The number of ether oxygens (including phenoxy) is 2. The van der Waals surface area contributed by atoms with Crippen molar-refractivity contribution >= 4 is 43.9 Å². The maximum Gasteiger partial charge on any atom is 0.345 e. The van der Waals surface area contributed by atoms with Gasteiger partial charge in [-0.1, -0.05) is 12.1 Å². The molecule has 9 nitrogen and oxygen atoms in total. The number of thiazole rings is 1. The summed E-state index contributed by atoms with van der Waals surface area (Å²) in [5, 5.41) is 14.3. The molecule has 0 unspecified atom stereocenters. The SMILES string of the molecule is CCOc1c(/C(C)=C/C(=O)Nc2ncc([N+](=O)[O-])s2)cc2c(-c3ccc(OC)cc3)coc2c1C. The van der Waals surface area contributed by atoms with E-state index < -0.39 is 10.8 Å². The third kappa shape index (κ3) is 4.87. The lowest BCUT2D eigenvalue weighted by molar-refractivity contribution is -0.380. The van der Waals surface area contributed by atoms with Gasteiger partial charge in [-0.05, 0) is 61.4 Å². The Labute approximate surface area is 205 Å². The number of allylic oxidation sites excluding steroid dienone is 1. The fourth-order valence-electron chi connectivity index (χ4n) is 3.76. The molecule has 1 amide bonds. The predicted octanol–water partition coefficient (Wildman–Crippen LogP) is 6.22. The number of aryl methyl sites for hydroxylation is 1. The number of anilines is 1. The van der Waals surface area contributed by atoms with E-state index in [0.717, 1.165) is 50.9 Å². The van der Waals surface area contributed by atoms with Crippen LogP contribution in [0.15, 0.2) is 53.3 Å². The van der Waals surface area contributed by atoms with Gasteiger partial charge in [0.2, 0.25) is 5.91 Å². The molecule has 0 aliphatic rings. The number of hydrogen-bond donors (Lipinski definition) is 1. The second-order valence-electron chi connectivity index (χ2n) is 7.64. The molecule has 2 aromatic carbocycles. The van der Waals surface area contributed by atoms with Gasteiger partial charge in [0, 0.05) is 28.2 Å². The lowest BCUT2D eigenvalue weighted by atomic mass is 9.96. The molecule has 0 aliphatic heterocycles. The Morgan fingerprint density at radius 2 is 2.06 bits per heavy atom. The molecule has 10 heteroatoms. The van der Waals surface area contributed by atoms with Gasteiger partial charge in [-0.15, -0.1) is 0 Å². The van der Waals surface area contributed by atoms with Crippen molar-refractivity contribution in [1.29, 1.82) is 0 Å². The second-order valence-corrected chi connectivity index (χ2v) is 8.65. The van der Waals surface area contributed by atoms with Crippen molar-refractivity contribution in [1.82, 2.24) is 4.98 Å². The number of rotatable bonds is 8. The lowest BCUT2D eigenvalue weighted by Crippen LogP contribution is -2.08. The van der Waals surface area contributed by atoms with Crippen molar-refractivity contribution in [2.45, 2.75) is 20.8 Å². The molecular weight excluding hydrogens is 470 g/mol. The second kappa shape index (κ2) is 9.98. The largest absolute Gasteiger partial charge is 0.497 e. The monoisotopic (exact) mass is 493 g/mol. The normalized spacial score (nSPS) is 11.5. The molecule has 0 bridgehead atoms. The lowest BCUT2D eigenvalue weighted by Gasteiger charge is -2.15. The number of benzene rings is 2. The zero-order chi connectivity index (χ0) is 25.1. The number of nitro groups is 1. The van der Waals surface area contributed by atoms with Gasteiger partial charge in [0.15, 0.2) is 5.13 Å². The average Bonchev–Trinajstić information content (AvgIpc) is 3.48. The van der Waals surface area contributed by atoms with E-state index in [-0.39, 0.29) is 10.1 Å².